The fraction of sp³-hybridized carbons (Fsp3) is 0.304. The smallest absolute Gasteiger partial charge is 0.416 e. The van der Waals surface area contributed by atoms with E-state index < -0.39 is 11.7 Å². The molecule has 1 aromatic heterocycles. The first-order valence-corrected chi connectivity index (χ1v) is 11.8. The highest BCUT2D eigenvalue weighted by Gasteiger charge is 2.30. The molecule has 3 aromatic rings. The summed E-state index contributed by atoms with van der Waals surface area (Å²) in [5.74, 6) is 0.482. The average molecular weight is 479 g/mol. The number of alkyl halides is 3. The molecule has 0 N–H and O–H groups in total. The van der Waals surface area contributed by atoms with Crippen LogP contribution in [0.1, 0.15) is 21.7 Å². The molecule has 0 aliphatic carbocycles. The minimum Gasteiger partial charge on any atom is -0.468 e. The lowest BCUT2D eigenvalue weighted by Gasteiger charge is -2.17. The third-order valence-corrected chi connectivity index (χ3v) is 7.72. The van der Waals surface area contributed by atoms with E-state index in [2.05, 4.69) is 11.1 Å². The molecule has 1 aliphatic heterocycles. The van der Waals surface area contributed by atoms with Gasteiger partial charge in [0.05, 0.1) is 18.4 Å². The van der Waals surface area contributed by atoms with Gasteiger partial charge in [-0.25, -0.2) is 4.98 Å². The van der Waals surface area contributed by atoms with Gasteiger partial charge in [-0.2, -0.15) is 13.2 Å². The number of thioether (sulfide) groups is 1. The molecular formula is C23H21F3N2O2S2. The molecule has 9 heteroatoms. The number of benzene rings is 2. The summed E-state index contributed by atoms with van der Waals surface area (Å²) in [6, 6.07) is 11.4. The maximum absolute atomic E-state index is 12.8. The van der Waals surface area contributed by atoms with Gasteiger partial charge in [-0.05, 0) is 49.2 Å². The Morgan fingerprint density at radius 3 is 2.66 bits per heavy atom. The van der Waals surface area contributed by atoms with Crippen molar-refractivity contribution in [1.29, 1.82) is 0 Å². The quantitative estimate of drug-likeness (QED) is 0.323. The lowest BCUT2D eigenvalue weighted by molar-refractivity contribution is -0.139. The van der Waals surface area contributed by atoms with E-state index >= 15 is 0 Å². The zero-order valence-electron chi connectivity index (χ0n) is 17.5. The normalized spacial score (nSPS) is 13.3. The van der Waals surface area contributed by atoms with Crippen LogP contribution < -0.4 is 4.90 Å². The largest absolute Gasteiger partial charge is 0.468 e. The van der Waals surface area contributed by atoms with Crippen LogP contribution in [0.5, 0.6) is 0 Å². The van der Waals surface area contributed by atoms with Crippen LogP contribution >= 0.6 is 23.1 Å². The first-order chi connectivity index (χ1) is 15.2. The third-order valence-electron chi connectivity index (χ3n) is 5.31. The molecule has 2 aromatic carbocycles. The number of aryl methyl sites for hydroxylation is 1. The predicted octanol–water partition coefficient (Wildman–Crippen LogP) is 5.97. The Kier molecular flexibility index (Phi) is 6.48. The van der Waals surface area contributed by atoms with Crippen molar-refractivity contribution in [3.8, 4) is 10.6 Å². The van der Waals surface area contributed by atoms with E-state index in [1.807, 2.05) is 24.0 Å². The van der Waals surface area contributed by atoms with Crippen LogP contribution in [0.2, 0.25) is 0 Å². The maximum atomic E-state index is 12.8. The van der Waals surface area contributed by atoms with Crippen LogP contribution in [-0.2, 0) is 27.9 Å². The first-order valence-electron chi connectivity index (χ1n) is 9.96. The summed E-state index contributed by atoms with van der Waals surface area (Å²) >= 11 is 3.21. The van der Waals surface area contributed by atoms with Gasteiger partial charge in [0.25, 0.3) is 0 Å². The third kappa shape index (κ3) is 4.94. The van der Waals surface area contributed by atoms with Crippen LogP contribution in [0.15, 0.2) is 47.4 Å². The molecule has 168 valence electrons. The number of halogens is 3. The van der Waals surface area contributed by atoms with Crippen molar-refractivity contribution >= 4 is 34.8 Å². The Hall–Kier alpha value is -2.52. The van der Waals surface area contributed by atoms with E-state index in [4.69, 9.17) is 4.74 Å². The molecule has 0 fully saturated rings. The van der Waals surface area contributed by atoms with Gasteiger partial charge < -0.3 is 9.64 Å². The number of methoxy groups -OCH3 is 1. The van der Waals surface area contributed by atoms with Gasteiger partial charge in [-0.15, -0.1) is 23.1 Å². The number of carbonyl (C=O) groups excluding carboxylic acids is 1. The summed E-state index contributed by atoms with van der Waals surface area (Å²) in [5.41, 5.74) is 3.20. The number of rotatable bonds is 6. The van der Waals surface area contributed by atoms with E-state index in [-0.39, 0.29) is 12.5 Å². The zero-order valence-corrected chi connectivity index (χ0v) is 19.2. The summed E-state index contributed by atoms with van der Waals surface area (Å²) in [4.78, 5) is 20.4. The van der Waals surface area contributed by atoms with E-state index in [1.54, 1.807) is 11.8 Å². The minimum absolute atomic E-state index is 0.249. The van der Waals surface area contributed by atoms with Crippen molar-refractivity contribution in [2.75, 3.05) is 25.1 Å². The lowest BCUT2D eigenvalue weighted by atomic mass is 10.1. The molecule has 0 atom stereocenters. The number of hydrogen-bond donors (Lipinski definition) is 0. The van der Waals surface area contributed by atoms with Gasteiger partial charge in [0.15, 0.2) is 0 Å². The topological polar surface area (TPSA) is 42.4 Å². The molecule has 0 saturated heterocycles. The van der Waals surface area contributed by atoms with Gasteiger partial charge in [0.2, 0.25) is 0 Å². The number of hydrogen-bond acceptors (Lipinski definition) is 6. The van der Waals surface area contributed by atoms with E-state index in [1.165, 1.54) is 36.1 Å². The van der Waals surface area contributed by atoms with Crippen molar-refractivity contribution in [1.82, 2.24) is 4.98 Å². The van der Waals surface area contributed by atoms with Gasteiger partial charge in [0.1, 0.15) is 11.6 Å². The van der Waals surface area contributed by atoms with Crippen molar-refractivity contribution in [2.45, 2.75) is 30.2 Å². The van der Waals surface area contributed by atoms with Crippen LogP contribution in [-0.4, -0.2) is 31.2 Å². The van der Waals surface area contributed by atoms with Crippen LogP contribution in [0, 0.1) is 6.92 Å². The van der Waals surface area contributed by atoms with E-state index in [9.17, 15) is 18.0 Å². The Morgan fingerprint density at radius 1 is 1.22 bits per heavy atom. The molecule has 0 saturated carbocycles. The minimum atomic E-state index is -4.34. The standard InChI is InChI=1S/C23H21F3N2O2S2/c1-14-20(32-22(27-14)15-3-5-17(6-4-15)23(24,25)26)13-31-18-7-8-19-16(11-18)9-10-28(19)12-21(29)30-2/h3-8,11H,9-10,12-13H2,1-2H3. The van der Waals surface area contributed by atoms with Crippen LogP contribution in [0.4, 0.5) is 18.9 Å². The lowest BCUT2D eigenvalue weighted by Crippen LogP contribution is -2.28. The molecule has 0 bridgehead atoms. The van der Waals surface area contributed by atoms with Crippen LogP contribution in [0.3, 0.4) is 0 Å². The molecular weight excluding hydrogens is 457 g/mol. The van der Waals surface area contributed by atoms with Gasteiger partial charge >= 0.3 is 12.1 Å². The molecule has 4 rings (SSSR count). The Balaban J connectivity index is 1.43. The Bertz CT molecular complexity index is 1130. The van der Waals surface area contributed by atoms with E-state index in [0.717, 1.165) is 57.0 Å². The van der Waals surface area contributed by atoms with Crippen molar-refractivity contribution in [2.24, 2.45) is 0 Å². The van der Waals surface area contributed by atoms with Crippen molar-refractivity contribution < 1.29 is 22.7 Å². The average Bonchev–Trinajstić information content (AvgIpc) is 3.34. The van der Waals surface area contributed by atoms with Crippen molar-refractivity contribution in [3.63, 3.8) is 0 Å². The highest BCUT2D eigenvalue weighted by Crippen LogP contribution is 2.37. The second kappa shape index (κ2) is 9.15. The summed E-state index contributed by atoms with van der Waals surface area (Å²) in [6.07, 6.45) is -3.45. The monoisotopic (exact) mass is 478 g/mol. The molecule has 4 nitrogen and oxygen atoms in total. The highest BCUT2D eigenvalue weighted by atomic mass is 32.2. The summed E-state index contributed by atoms with van der Waals surface area (Å²) < 4.78 is 43.1. The Labute approximate surface area is 192 Å². The molecule has 0 unspecified atom stereocenters. The molecule has 32 heavy (non-hydrogen) atoms. The summed E-state index contributed by atoms with van der Waals surface area (Å²) in [5, 5.41) is 0.722. The maximum Gasteiger partial charge on any atom is 0.416 e. The molecule has 2 heterocycles. The fourth-order valence-corrected chi connectivity index (χ4v) is 5.73. The van der Waals surface area contributed by atoms with Gasteiger partial charge in [-0.3, -0.25) is 4.79 Å². The number of esters is 1. The Morgan fingerprint density at radius 2 is 1.97 bits per heavy atom. The SMILES string of the molecule is COC(=O)CN1CCc2cc(SCc3sc(-c4ccc(C(F)(F)F)cc4)nc3C)ccc21. The predicted molar refractivity (Wildman–Crippen MR) is 121 cm³/mol. The second-order valence-corrected chi connectivity index (χ2v) is 9.56. The van der Waals surface area contributed by atoms with Gasteiger partial charge in [-0.1, -0.05) is 12.1 Å². The summed E-state index contributed by atoms with van der Waals surface area (Å²) in [7, 11) is 1.39. The highest BCUT2D eigenvalue weighted by molar-refractivity contribution is 7.98. The number of aromatic nitrogens is 1. The number of anilines is 1. The van der Waals surface area contributed by atoms with Gasteiger partial charge in [0, 0.05) is 33.3 Å². The fourth-order valence-electron chi connectivity index (χ4n) is 3.56. The van der Waals surface area contributed by atoms with Crippen LogP contribution in [0.25, 0.3) is 10.6 Å². The molecule has 0 amide bonds. The van der Waals surface area contributed by atoms with E-state index in [0.29, 0.717) is 5.56 Å². The number of carbonyl (C=O) groups is 1. The molecule has 1 aliphatic rings. The molecule has 0 radical (unpaired) electrons. The summed E-state index contributed by atoms with van der Waals surface area (Å²) in [6.45, 7) is 2.97. The number of ether oxygens (including phenoxy) is 1. The zero-order chi connectivity index (χ0) is 22.9. The number of nitrogens with zero attached hydrogens (tertiary/aromatic N) is 2. The first kappa shape index (κ1) is 22.7. The number of thiazole rings is 1. The van der Waals surface area contributed by atoms with Crippen molar-refractivity contribution in [3.05, 3.63) is 64.2 Å². The second-order valence-electron chi connectivity index (χ2n) is 7.43. The molecule has 0 spiro atoms. The number of fused-ring (bicyclic) bond motifs is 1.